The summed E-state index contributed by atoms with van der Waals surface area (Å²) in [6, 6.07) is 8.76. The van der Waals surface area contributed by atoms with Crippen molar-refractivity contribution in [1.29, 1.82) is 0 Å². The molecule has 0 atom stereocenters. The van der Waals surface area contributed by atoms with Gasteiger partial charge in [-0.25, -0.2) is 4.98 Å². The molecule has 1 saturated heterocycles. The molecule has 2 aliphatic rings. The Morgan fingerprint density at radius 2 is 1.81 bits per heavy atom. The molecule has 2 aromatic heterocycles. The lowest BCUT2D eigenvalue weighted by atomic mass is 9.95. The van der Waals surface area contributed by atoms with Crippen LogP contribution in [0.2, 0.25) is 0 Å². The maximum absolute atomic E-state index is 9.29. The number of rotatable bonds is 7. The molecule has 32 heavy (non-hydrogen) atoms. The van der Waals surface area contributed by atoms with Gasteiger partial charge in [0.15, 0.2) is 17.0 Å². The highest BCUT2D eigenvalue weighted by Crippen LogP contribution is 2.32. The molecule has 3 aromatic rings. The van der Waals surface area contributed by atoms with Gasteiger partial charge in [-0.05, 0) is 37.1 Å². The first-order valence-corrected chi connectivity index (χ1v) is 11.6. The number of anilines is 4. The summed E-state index contributed by atoms with van der Waals surface area (Å²) in [6.45, 7) is 3.81. The molecule has 1 saturated carbocycles. The molecule has 3 N–H and O–H groups in total. The molecule has 5 rings (SSSR count). The van der Waals surface area contributed by atoms with Gasteiger partial charge >= 0.3 is 0 Å². The van der Waals surface area contributed by atoms with Crippen molar-refractivity contribution >= 4 is 34.3 Å². The number of aliphatic hydroxyl groups is 1. The Kier molecular flexibility index (Phi) is 6.36. The Morgan fingerprint density at radius 1 is 1.03 bits per heavy atom. The van der Waals surface area contributed by atoms with Gasteiger partial charge in [-0.3, -0.25) is 0 Å². The molecule has 9 heteroatoms. The van der Waals surface area contributed by atoms with Gasteiger partial charge in [-0.2, -0.15) is 9.97 Å². The van der Waals surface area contributed by atoms with Crippen LogP contribution in [0.3, 0.4) is 0 Å². The monoisotopic (exact) mass is 437 g/mol. The fraction of sp³-hybridized carbons (Fsp3) is 0.522. The number of aromatic nitrogens is 4. The first-order chi connectivity index (χ1) is 15.8. The van der Waals surface area contributed by atoms with Crippen molar-refractivity contribution in [1.82, 2.24) is 19.5 Å². The molecule has 1 aromatic carbocycles. The molecule has 0 amide bonds. The van der Waals surface area contributed by atoms with E-state index in [0.717, 1.165) is 56.0 Å². The Hall–Kier alpha value is -2.91. The lowest BCUT2D eigenvalue weighted by molar-refractivity contribution is 0.122. The summed E-state index contributed by atoms with van der Waals surface area (Å²) in [5.41, 5.74) is 3.70. The van der Waals surface area contributed by atoms with E-state index < -0.39 is 0 Å². The topological polar surface area (TPSA) is 100 Å². The predicted molar refractivity (Wildman–Crippen MR) is 126 cm³/mol. The van der Waals surface area contributed by atoms with Gasteiger partial charge < -0.3 is 29.9 Å². The van der Waals surface area contributed by atoms with Crippen LogP contribution < -0.4 is 15.5 Å². The van der Waals surface area contributed by atoms with Crippen LogP contribution in [0.5, 0.6) is 0 Å². The SMILES string of the molecule is OCCNc1nc(Nc2ccc(N3CCOCC3)cc2)nc2c1ncn2C1CCCCC1. The fourth-order valence-corrected chi connectivity index (χ4v) is 4.60. The van der Waals surface area contributed by atoms with Crippen molar-refractivity contribution in [2.75, 3.05) is 55.0 Å². The minimum absolute atomic E-state index is 0.0284. The molecule has 0 bridgehead atoms. The average molecular weight is 438 g/mol. The van der Waals surface area contributed by atoms with Gasteiger partial charge in [-0.1, -0.05) is 19.3 Å². The molecule has 3 heterocycles. The molecule has 0 unspecified atom stereocenters. The van der Waals surface area contributed by atoms with Crippen LogP contribution in [0, 0.1) is 0 Å². The van der Waals surface area contributed by atoms with Crippen LogP contribution in [-0.4, -0.2) is 64.1 Å². The molecule has 0 radical (unpaired) electrons. The number of morpholine rings is 1. The number of imidazole rings is 1. The zero-order chi connectivity index (χ0) is 21.8. The van der Waals surface area contributed by atoms with E-state index in [1.807, 2.05) is 6.33 Å². The summed E-state index contributed by atoms with van der Waals surface area (Å²) in [7, 11) is 0. The van der Waals surface area contributed by atoms with E-state index in [1.165, 1.54) is 24.9 Å². The second-order valence-corrected chi connectivity index (χ2v) is 8.43. The normalized spacial score (nSPS) is 17.6. The summed E-state index contributed by atoms with van der Waals surface area (Å²) in [4.78, 5) is 16.4. The number of nitrogens with zero attached hydrogens (tertiary/aromatic N) is 5. The molecule has 2 fully saturated rings. The molecule has 0 spiro atoms. The Morgan fingerprint density at radius 3 is 2.56 bits per heavy atom. The minimum atomic E-state index is 0.0284. The molecule has 1 aliphatic carbocycles. The standard InChI is InChI=1S/C23H31N7O2/c31-13-10-24-21-20-22(30(16-25-20)19-4-2-1-3-5-19)28-23(27-21)26-17-6-8-18(9-7-17)29-11-14-32-15-12-29/h6-9,16,19,31H,1-5,10-15H2,(H2,24,26,27,28). The van der Waals surface area contributed by atoms with Crippen LogP contribution in [0.4, 0.5) is 23.1 Å². The van der Waals surface area contributed by atoms with Gasteiger partial charge in [0, 0.05) is 37.1 Å². The van der Waals surface area contributed by atoms with Gasteiger partial charge in [0.2, 0.25) is 5.95 Å². The molecule has 9 nitrogen and oxygen atoms in total. The van der Waals surface area contributed by atoms with Gasteiger partial charge in [0.05, 0.1) is 26.1 Å². The first kappa shape index (κ1) is 21.0. The van der Waals surface area contributed by atoms with E-state index >= 15 is 0 Å². The van der Waals surface area contributed by atoms with E-state index in [0.29, 0.717) is 24.4 Å². The van der Waals surface area contributed by atoms with Crippen molar-refractivity contribution in [2.45, 2.75) is 38.1 Å². The lowest BCUT2D eigenvalue weighted by Crippen LogP contribution is -2.36. The molecule has 1 aliphatic heterocycles. The smallest absolute Gasteiger partial charge is 0.231 e. The van der Waals surface area contributed by atoms with Crippen LogP contribution in [0.25, 0.3) is 11.2 Å². The van der Waals surface area contributed by atoms with Crippen LogP contribution in [0.15, 0.2) is 30.6 Å². The third-order valence-electron chi connectivity index (χ3n) is 6.29. The lowest BCUT2D eigenvalue weighted by Gasteiger charge is -2.28. The third kappa shape index (κ3) is 4.49. The summed E-state index contributed by atoms with van der Waals surface area (Å²) in [5, 5.41) is 15.8. The Balaban J connectivity index is 1.42. The Bertz CT molecular complexity index is 1020. The van der Waals surface area contributed by atoms with E-state index in [1.54, 1.807) is 0 Å². The first-order valence-electron chi connectivity index (χ1n) is 11.6. The van der Waals surface area contributed by atoms with E-state index in [2.05, 4.69) is 54.3 Å². The number of nitrogens with one attached hydrogen (secondary N) is 2. The second-order valence-electron chi connectivity index (χ2n) is 8.43. The van der Waals surface area contributed by atoms with Crippen LogP contribution >= 0.6 is 0 Å². The number of hydrogen-bond donors (Lipinski definition) is 3. The predicted octanol–water partition coefficient (Wildman–Crippen LogP) is 3.32. The summed E-state index contributed by atoms with van der Waals surface area (Å²) >= 11 is 0. The minimum Gasteiger partial charge on any atom is -0.395 e. The van der Waals surface area contributed by atoms with Gasteiger partial charge in [0.25, 0.3) is 0 Å². The third-order valence-corrected chi connectivity index (χ3v) is 6.29. The van der Waals surface area contributed by atoms with Crippen molar-refractivity contribution in [2.24, 2.45) is 0 Å². The zero-order valence-electron chi connectivity index (χ0n) is 18.3. The van der Waals surface area contributed by atoms with Crippen molar-refractivity contribution in [3.8, 4) is 0 Å². The van der Waals surface area contributed by atoms with Gasteiger partial charge in [-0.15, -0.1) is 0 Å². The fourth-order valence-electron chi connectivity index (χ4n) is 4.60. The number of hydrogen-bond acceptors (Lipinski definition) is 8. The maximum Gasteiger partial charge on any atom is 0.231 e. The van der Waals surface area contributed by atoms with Crippen LogP contribution in [0.1, 0.15) is 38.1 Å². The summed E-state index contributed by atoms with van der Waals surface area (Å²) < 4.78 is 7.65. The summed E-state index contributed by atoms with van der Waals surface area (Å²) in [6.07, 6.45) is 7.98. The number of fused-ring (bicyclic) bond motifs is 1. The zero-order valence-corrected chi connectivity index (χ0v) is 18.3. The summed E-state index contributed by atoms with van der Waals surface area (Å²) in [5.74, 6) is 1.17. The van der Waals surface area contributed by atoms with E-state index in [4.69, 9.17) is 9.72 Å². The number of aliphatic hydroxyl groups excluding tert-OH is 1. The molecule has 170 valence electrons. The molecular weight excluding hydrogens is 406 g/mol. The highest BCUT2D eigenvalue weighted by molar-refractivity contribution is 5.85. The Labute approximate surface area is 187 Å². The molecular formula is C23H31N7O2. The average Bonchev–Trinajstić information content (AvgIpc) is 3.28. The van der Waals surface area contributed by atoms with Crippen molar-refractivity contribution in [3.05, 3.63) is 30.6 Å². The highest BCUT2D eigenvalue weighted by Gasteiger charge is 2.21. The highest BCUT2D eigenvalue weighted by atomic mass is 16.5. The largest absolute Gasteiger partial charge is 0.395 e. The van der Waals surface area contributed by atoms with Crippen molar-refractivity contribution < 1.29 is 9.84 Å². The second kappa shape index (κ2) is 9.70. The number of benzene rings is 1. The van der Waals surface area contributed by atoms with Gasteiger partial charge in [0.1, 0.15) is 0 Å². The van der Waals surface area contributed by atoms with Crippen molar-refractivity contribution in [3.63, 3.8) is 0 Å². The maximum atomic E-state index is 9.29. The van der Waals surface area contributed by atoms with E-state index in [-0.39, 0.29) is 6.61 Å². The quantitative estimate of drug-likeness (QED) is 0.518. The number of ether oxygens (including phenoxy) is 1. The van der Waals surface area contributed by atoms with Crippen LogP contribution in [-0.2, 0) is 4.74 Å². The van der Waals surface area contributed by atoms with E-state index in [9.17, 15) is 5.11 Å².